The molecule has 1 saturated heterocycles. The van der Waals surface area contributed by atoms with E-state index in [-0.39, 0.29) is 18.4 Å². The summed E-state index contributed by atoms with van der Waals surface area (Å²) in [6.07, 6.45) is 2.17. The Hall–Kier alpha value is -3.02. The maximum atomic E-state index is 12.3. The second-order valence-electron chi connectivity index (χ2n) is 6.78. The van der Waals surface area contributed by atoms with E-state index in [4.69, 9.17) is 4.74 Å². The van der Waals surface area contributed by atoms with Crippen LogP contribution in [0.15, 0.2) is 48.5 Å². The highest BCUT2D eigenvalue weighted by Gasteiger charge is 2.19. The van der Waals surface area contributed by atoms with Crippen LogP contribution in [0.2, 0.25) is 0 Å². The summed E-state index contributed by atoms with van der Waals surface area (Å²) in [5, 5.41) is 5.97. The van der Waals surface area contributed by atoms with E-state index in [0.29, 0.717) is 18.7 Å². The molecule has 0 bridgehead atoms. The van der Waals surface area contributed by atoms with Crippen molar-refractivity contribution >= 4 is 17.5 Å². The molecule has 1 aliphatic heterocycles. The normalized spacial score (nSPS) is 13.2. The predicted molar refractivity (Wildman–Crippen MR) is 110 cm³/mol. The largest absolute Gasteiger partial charge is 0.494 e. The summed E-state index contributed by atoms with van der Waals surface area (Å²) in [6.45, 7) is 4.88. The van der Waals surface area contributed by atoms with Gasteiger partial charge in [0.25, 0.3) is 5.91 Å². The molecule has 0 aromatic heterocycles. The zero-order valence-corrected chi connectivity index (χ0v) is 16.2. The molecule has 2 amide bonds. The van der Waals surface area contributed by atoms with Crippen molar-refractivity contribution in [3.63, 3.8) is 0 Å². The fourth-order valence-electron chi connectivity index (χ4n) is 3.15. The van der Waals surface area contributed by atoms with Gasteiger partial charge in [0.15, 0.2) is 0 Å². The Kier molecular flexibility index (Phi) is 6.89. The highest BCUT2D eigenvalue weighted by atomic mass is 16.5. The minimum atomic E-state index is -0.0916. The molecular weight excluding hydrogens is 354 g/mol. The van der Waals surface area contributed by atoms with E-state index in [0.717, 1.165) is 42.9 Å². The number of likely N-dealkylation sites (tertiary alicyclic amines) is 1. The number of hydrogen-bond acceptors (Lipinski definition) is 4. The van der Waals surface area contributed by atoms with E-state index in [1.54, 1.807) is 0 Å². The van der Waals surface area contributed by atoms with Crippen LogP contribution >= 0.6 is 0 Å². The average Bonchev–Trinajstić information content (AvgIpc) is 3.27. The van der Waals surface area contributed by atoms with E-state index in [2.05, 4.69) is 10.6 Å². The smallest absolute Gasteiger partial charge is 0.253 e. The van der Waals surface area contributed by atoms with Crippen molar-refractivity contribution in [2.75, 3.05) is 31.6 Å². The zero-order valence-electron chi connectivity index (χ0n) is 16.2. The van der Waals surface area contributed by atoms with Crippen LogP contribution in [-0.4, -0.2) is 43.0 Å². The van der Waals surface area contributed by atoms with Gasteiger partial charge in [0.05, 0.1) is 13.2 Å². The van der Waals surface area contributed by atoms with Gasteiger partial charge in [0.1, 0.15) is 5.75 Å². The average molecular weight is 381 g/mol. The minimum Gasteiger partial charge on any atom is -0.494 e. The second-order valence-corrected chi connectivity index (χ2v) is 6.78. The molecule has 148 valence electrons. The minimum absolute atomic E-state index is 0.0904. The fraction of sp³-hybridized carbons (Fsp3) is 0.364. The highest BCUT2D eigenvalue weighted by Crippen LogP contribution is 2.15. The number of nitrogens with zero attached hydrogens (tertiary/aromatic N) is 1. The third-order valence-corrected chi connectivity index (χ3v) is 4.70. The van der Waals surface area contributed by atoms with Crippen LogP contribution in [0.1, 0.15) is 35.7 Å². The van der Waals surface area contributed by atoms with Gasteiger partial charge in [-0.05, 0) is 61.7 Å². The van der Waals surface area contributed by atoms with Crippen LogP contribution in [0.5, 0.6) is 5.75 Å². The van der Waals surface area contributed by atoms with Gasteiger partial charge in [-0.2, -0.15) is 0 Å². The number of amides is 2. The van der Waals surface area contributed by atoms with Crippen molar-refractivity contribution in [3.8, 4) is 5.75 Å². The molecule has 0 aliphatic carbocycles. The summed E-state index contributed by atoms with van der Waals surface area (Å²) in [6, 6.07) is 15.0. The molecular formula is C22H27N3O3. The molecule has 3 rings (SSSR count). The molecule has 1 fully saturated rings. The van der Waals surface area contributed by atoms with Crippen molar-refractivity contribution < 1.29 is 14.3 Å². The lowest BCUT2D eigenvalue weighted by Crippen LogP contribution is -2.29. The summed E-state index contributed by atoms with van der Waals surface area (Å²) in [4.78, 5) is 26.3. The number of carbonyl (C=O) groups excluding carboxylic acids is 2. The Morgan fingerprint density at radius 2 is 1.68 bits per heavy atom. The fourth-order valence-corrected chi connectivity index (χ4v) is 3.15. The number of carbonyl (C=O) groups is 2. The van der Waals surface area contributed by atoms with E-state index in [1.165, 1.54) is 0 Å². The molecule has 0 radical (unpaired) electrons. The van der Waals surface area contributed by atoms with Gasteiger partial charge in [-0.1, -0.05) is 12.1 Å². The van der Waals surface area contributed by atoms with Crippen LogP contribution in [0.4, 0.5) is 5.69 Å². The van der Waals surface area contributed by atoms with Gasteiger partial charge in [0, 0.05) is 30.9 Å². The van der Waals surface area contributed by atoms with Gasteiger partial charge in [0.2, 0.25) is 5.91 Å². The topological polar surface area (TPSA) is 70.7 Å². The van der Waals surface area contributed by atoms with Crippen molar-refractivity contribution in [2.45, 2.75) is 26.3 Å². The van der Waals surface area contributed by atoms with E-state index >= 15 is 0 Å². The van der Waals surface area contributed by atoms with Crippen molar-refractivity contribution in [3.05, 3.63) is 59.7 Å². The lowest BCUT2D eigenvalue weighted by atomic mass is 10.1. The molecule has 2 aromatic rings. The molecule has 1 aliphatic rings. The Morgan fingerprint density at radius 1 is 1.00 bits per heavy atom. The van der Waals surface area contributed by atoms with Gasteiger partial charge < -0.3 is 20.3 Å². The third-order valence-electron chi connectivity index (χ3n) is 4.70. The molecule has 2 aromatic carbocycles. The van der Waals surface area contributed by atoms with Crippen LogP contribution in [-0.2, 0) is 11.3 Å². The number of anilines is 1. The van der Waals surface area contributed by atoms with Gasteiger partial charge >= 0.3 is 0 Å². The molecule has 0 spiro atoms. The summed E-state index contributed by atoms with van der Waals surface area (Å²) in [5.74, 6) is 0.808. The molecule has 28 heavy (non-hydrogen) atoms. The summed E-state index contributed by atoms with van der Waals surface area (Å²) in [7, 11) is 0. The molecule has 0 atom stereocenters. The van der Waals surface area contributed by atoms with Crippen LogP contribution < -0.4 is 15.4 Å². The maximum absolute atomic E-state index is 12.3. The van der Waals surface area contributed by atoms with Gasteiger partial charge in [-0.15, -0.1) is 0 Å². The van der Waals surface area contributed by atoms with Crippen molar-refractivity contribution in [1.29, 1.82) is 0 Å². The molecule has 2 N–H and O–H groups in total. The van der Waals surface area contributed by atoms with E-state index in [9.17, 15) is 9.59 Å². The van der Waals surface area contributed by atoms with Gasteiger partial charge in [-0.25, -0.2) is 0 Å². The first kappa shape index (κ1) is 19.7. The standard InChI is InChI=1S/C22H27N3O3/c1-2-28-20-11-9-19(10-12-20)23-16-21(26)24-15-17-5-7-18(8-6-17)22(27)25-13-3-4-14-25/h5-12,23H,2-4,13-16H2,1H3,(H,24,26). The first-order valence-electron chi connectivity index (χ1n) is 9.77. The lowest BCUT2D eigenvalue weighted by molar-refractivity contribution is -0.119. The summed E-state index contributed by atoms with van der Waals surface area (Å²) < 4.78 is 5.40. The number of nitrogens with one attached hydrogen (secondary N) is 2. The van der Waals surface area contributed by atoms with E-state index < -0.39 is 0 Å². The Labute approximate surface area is 165 Å². The monoisotopic (exact) mass is 381 g/mol. The molecule has 0 unspecified atom stereocenters. The number of benzene rings is 2. The molecule has 1 heterocycles. The SMILES string of the molecule is CCOc1ccc(NCC(=O)NCc2ccc(C(=O)N3CCCC3)cc2)cc1. The summed E-state index contributed by atoms with van der Waals surface area (Å²) in [5.41, 5.74) is 2.53. The lowest BCUT2D eigenvalue weighted by Gasteiger charge is -2.15. The number of hydrogen-bond donors (Lipinski definition) is 2. The Balaban J connectivity index is 1.42. The second kappa shape index (κ2) is 9.78. The maximum Gasteiger partial charge on any atom is 0.253 e. The van der Waals surface area contributed by atoms with Crippen LogP contribution in [0, 0.1) is 0 Å². The number of ether oxygens (including phenoxy) is 1. The molecule has 6 heteroatoms. The van der Waals surface area contributed by atoms with Gasteiger partial charge in [-0.3, -0.25) is 9.59 Å². The first-order chi connectivity index (χ1) is 13.7. The van der Waals surface area contributed by atoms with Crippen LogP contribution in [0.3, 0.4) is 0 Å². The van der Waals surface area contributed by atoms with Crippen molar-refractivity contribution in [2.24, 2.45) is 0 Å². The third kappa shape index (κ3) is 5.49. The first-order valence-corrected chi connectivity index (χ1v) is 9.77. The molecule has 6 nitrogen and oxygen atoms in total. The Bertz CT molecular complexity index is 782. The molecule has 0 saturated carbocycles. The quantitative estimate of drug-likeness (QED) is 0.737. The van der Waals surface area contributed by atoms with E-state index in [1.807, 2.05) is 60.4 Å². The Morgan fingerprint density at radius 3 is 2.32 bits per heavy atom. The zero-order chi connectivity index (χ0) is 19.8. The van der Waals surface area contributed by atoms with Crippen LogP contribution in [0.25, 0.3) is 0 Å². The summed E-state index contributed by atoms with van der Waals surface area (Å²) >= 11 is 0. The highest BCUT2D eigenvalue weighted by molar-refractivity contribution is 5.94. The van der Waals surface area contributed by atoms with Crippen molar-refractivity contribution in [1.82, 2.24) is 10.2 Å². The number of rotatable bonds is 8. The predicted octanol–water partition coefficient (Wildman–Crippen LogP) is 3.05.